The first-order valence-electron chi connectivity index (χ1n) is 13.8. The molecule has 2 aromatic carbocycles. The molecule has 1 aromatic heterocycles. The molecule has 1 aliphatic heterocycles. The molecular formula is C31H35FN2O3. The van der Waals surface area contributed by atoms with E-state index in [1.807, 2.05) is 12.1 Å². The number of carbonyl (C=O) groups is 1. The summed E-state index contributed by atoms with van der Waals surface area (Å²) in [6.07, 6.45) is 11.1. The topological polar surface area (TPSA) is 66.6 Å². The summed E-state index contributed by atoms with van der Waals surface area (Å²) in [5.41, 5.74) is 7.38. The lowest BCUT2D eigenvalue weighted by Crippen LogP contribution is -2.49. The molecule has 0 radical (unpaired) electrons. The Morgan fingerprint density at radius 1 is 1.08 bits per heavy atom. The highest BCUT2D eigenvalue weighted by molar-refractivity contribution is 5.72. The van der Waals surface area contributed by atoms with Gasteiger partial charge in [-0.25, -0.2) is 4.39 Å². The number of aliphatic carboxylic acids is 1. The van der Waals surface area contributed by atoms with E-state index in [4.69, 9.17) is 9.63 Å². The van der Waals surface area contributed by atoms with Crippen LogP contribution in [0.1, 0.15) is 73.0 Å². The van der Waals surface area contributed by atoms with Crippen molar-refractivity contribution >= 4 is 5.97 Å². The SMILES string of the molecule is O=C(O)C1CN(Cc2ccc3c(c2)CCc2c-3noc2CCCC2(c3ccc(F)cc3)CCCCC2)C1. The summed E-state index contributed by atoms with van der Waals surface area (Å²) in [6, 6.07) is 13.8. The van der Waals surface area contributed by atoms with Gasteiger partial charge in [-0.1, -0.05) is 54.8 Å². The van der Waals surface area contributed by atoms with Crippen molar-refractivity contribution in [3.8, 4) is 11.3 Å². The van der Waals surface area contributed by atoms with Gasteiger partial charge in [0.1, 0.15) is 17.3 Å². The van der Waals surface area contributed by atoms with Gasteiger partial charge >= 0.3 is 5.97 Å². The Morgan fingerprint density at radius 3 is 2.62 bits per heavy atom. The Kier molecular flexibility index (Phi) is 6.62. The van der Waals surface area contributed by atoms with Crippen molar-refractivity contribution in [3.05, 3.63) is 76.3 Å². The first-order chi connectivity index (χ1) is 18.0. The van der Waals surface area contributed by atoms with E-state index in [2.05, 4.69) is 28.3 Å². The van der Waals surface area contributed by atoms with E-state index >= 15 is 0 Å². The second-order valence-corrected chi connectivity index (χ2v) is 11.4. The van der Waals surface area contributed by atoms with Crippen LogP contribution in [0.3, 0.4) is 0 Å². The molecule has 3 aliphatic rings. The molecule has 6 rings (SSSR count). The monoisotopic (exact) mass is 502 g/mol. The zero-order valence-electron chi connectivity index (χ0n) is 21.3. The molecule has 5 nitrogen and oxygen atoms in total. The zero-order chi connectivity index (χ0) is 25.4. The van der Waals surface area contributed by atoms with Crippen LogP contribution in [0.5, 0.6) is 0 Å². The van der Waals surface area contributed by atoms with Crippen molar-refractivity contribution in [1.29, 1.82) is 0 Å². The Balaban J connectivity index is 1.12. The van der Waals surface area contributed by atoms with Crippen molar-refractivity contribution in [3.63, 3.8) is 0 Å². The van der Waals surface area contributed by atoms with Crippen LogP contribution < -0.4 is 0 Å². The molecule has 194 valence electrons. The maximum Gasteiger partial charge on any atom is 0.309 e. The van der Waals surface area contributed by atoms with E-state index in [1.165, 1.54) is 59.9 Å². The lowest BCUT2D eigenvalue weighted by molar-refractivity contribution is -0.147. The normalized spacial score (nSPS) is 19.2. The van der Waals surface area contributed by atoms with Crippen LogP contribution in [0.4, 0.5) is 4.39 Å². The third kappa shape index (κ3) is 4.84. The van der Waals surface area contributed by atoms with Crippen LogP contribution in [0.25, 0.3) is 11.3 Å². The minimum absolute atomic E-state index is 0.149. The second kappa shape index (κ2) is 10.1. The molecule has 1 saturated carbocycles. The Hall–Kier alpha value is -2.99. The Bertz CT molecular complexity index is 1270. The molecule has 2 aliphatic carbocycles. The van der Waals surface area contributed by atoms with Crippen LogP contribution in [-0.4, -0.2) is 34.2 Å². The summed E-state index contributed by atoms with van der Waals surface area (Å²) >= 11 is 0. The van der Waals surface area contributed by atoms with E-state index in [0.29, 0.717) is 13.1 Å². The van der Waals surface area contributed by atoms with E-state index < -0.39 is 5.97 Å². The number of aryl methyl sites for hydroxylation is 2. The van der Waals surface area contributed by atoms with Crippen molar-refractivity contribution in [1.82, 2.24) is 10.1 Å². The van der Waals surface area contributed by atoms with Crippen LogP contribution in [0.2, 0.25) is 0 Å². The van der Waals surface area contributed by atoms with E-state index in [1.54, 1.807) is 12.1 Å². The molecule has 0 amide bonds. The molecule has 0 bridgehead atoms. The summed E-state index contributed by atoms with van der Waals surface area (Å²) in [5, 5.41) is 13.6. The maximum atomic E-state index is 13.6. The molecule has 1 saturated heterocycles. The number of fused-ring (bicyclic) bond motifs is 3. The second-order valence-electron chi connectivity index (χ2n) is 11.4. The lowest BCUT2D eigenvalue weighted by atomic mass is 9.66. The summed E-state index contributed by atoms with van der Waals surface area (Å²) in [7, 11) is 0. The number of hydrogen-bond acceptors (Lipinski definition) is 4. The third-order valence-corrected chi connectivity index (χ3v) is 8.98. The summed E-state index contributed by atoms with van der Waals surface area (Å²) in [6.45, 7) is 2.06. The molecule has 0 atom stereocenters. The van der Waals surface area contributed by atoms with E-state index in [9.17, 15) is 9.18 Å². The number of aromatic nitrogens is 1. The number of halogens is 1. The van der Waals surface area contributed by atoms with Crippen molar-refractivity contribution in [2.75, 3.05) is 13.1 Å². The summed E-state index contributed by atoms with van der Waals surface area (Å²) < 4.78 is 19.5. The van der Waals surface area contributed by atoms with Gasteiger partial charge < -0.3 is 9.63 Å². The molecule has 2 heterocycles. The highest BCUT2D eigenvalue weighted by Crippen LogP contribution is 2.44. The number of likely N-dealkylation sites (tertiary alicyclic amines) is 1. The number of nitrogens with zero attached hydrogens (tertiary/aromatic N) is 2. The van der Waals surface area contributed by atoms with Gasteiger partial charge in [-0.15, -0.1) is 0 Å². The first-order valence-corrected chi connectivity index (χ1v) is 13.8. The predicted octanol–water partition coefficient (Wildman–Crippen LogP) is 6.32. The molecule has 0 spiro atoms. The van der Waals surface area contributed by atoms with E-state index in [-0.39, 0.29) is 17.2 Å². The lowest BCUT2D eigenvalue weighted by Gasteiger charge is -2.38. The molecular weight excluding hydrogens is 467 g/mol. The van der Waals surface area contributed by atoms with Gasteiger partial charge in [0, 0.05) is 37.2 Å². The number of carboxylic acids is 1. The molecule has 2 fully saturated rings. The summed E-state index contributed by atoms with van der Waals surface area (Å²) in [5.74, 6) is -0.0595. The van der Waals surface area contributed by atoms with Crippen LogP contribution in [0, 0.1) is 11.7 Å². The summed E-state index contributed by atoms with van der Waals surface area (Å²) in [4.78, 5) is 13.3. The molecule has 0 unspecified atom stereocenters. The highest BCUT2D eigenvalue weighted by atomic mass is 19.1. The smallest absolute Gasteiger partial charge is 0.309 e. The average molecular weight is 503 g/mol. The number of rotatable bonds is 8. The van der Waals surface area contributed by atoms with E-state index in [0.717, 1.165) is 50.1 Å². The van der Waals surface area contributed by atoms with Crippen LogP contribution >= 0.6 is 0 Å². The minimum Gasteiger partial charge on any atom is -0.481 e. The number of carboxylic acid groups (broad SMARTS) is 1. The fourth-order valence-electron chi connectivity index (χ4n) is 6.87. The Labute approximate surface area is 217 Å². The molecule has 6 heteroatoms. The van der Waals surface area contributed by atoms with Crippen molar-refractivity contribution in [2.24, 2.45) is 5.92 Å². The number of benzene rings is 2. The predicted molar refractivity (Wildman–Crippen MR) is 140 cm³/mol. The van der Waals surface area contributed by atoms with Crippen LogP contribution in [0.15, 0.2) is 47.0 Å². The van der Waals surface area contributed by atoms with Gasteiger partial charge in [0.2, 0.25) is 0 Å². The minimum atomic E-state index is -0.694. The quantitative estimate of drug-likeness (QED) is 0.390. The third-order valence-electron chi connectivity index (χ3n) is 8.98. The van der Waals surface area contributed by atoms with Gasteiger partial charge in [0.15, 0.2) is 0 Å². The maximum absolute atomic E-state index is 13.6. The van der Waals surface area contributed by atoms with Gasteiger partial charge in [0.25, 0.3) is 0 Å². The van der Waals surface area contributed by atoms with Gasteiger partial charge in [0.05, 0.1) is 5.92 Å². The van der Waals surface area contributed by atoms with Crippen LogP contribution in [-0.2, 0) is 36.0 Å². The highest BCUT2D eigenvalue weighted by Gasteiger charge is 2.34. The molecule has 1 N–H and O–H groups in total. The standard InChI is InChI=1S/C31H35FN2O3/c32-25-10-8-24(9-11-25)31(14-2-1-3-15-31)16-4-5-28-27-13-7-22-17-21(6-12-26(22)29(27)33-37-28)18-34-19-23(20-34)30(35)36/h6,8-12,17,23H,1-5,7,13-16,18-20H2,(H,35,36). The van der Waals surface area contributed by atoms with Gasteiger partial charge in [-0.2, -0.15) is 0 Å². The Morgan fingerprint density at radius 2 is 1.86 bits per heavy atom. The largest absolute Gasteiger partial charge is 0.481 e. The zero-order valence-corrected chi connectivity index (χ0v) is 21.3. The van der Waals surface area contributed by atoms with Crippen molar-refractivity contribution in [2.45, 2.75) is 76.2 Å². The molecule has 37 heavy (non-hydrogen) atoms. The fourth-order valence-corrected chi connectivity index (χ4v) is 6.87. The van der Waals surface area contributed by atoms with Gasteiger partial charge in [-0.3, -0.25) is 9.69 Å². The average Bonchev–Trinajstić information content (AvgIpc) is 3.30. The fraction of sp³-hybridized carbons (Fsp3) is 0.484. The number of hydrogen-bond donors (Lipinski definition) is 1. The van der Waals surface area contributed by atoms with Crippen molar-refractivity contribution < 1.29 is 18.8 Å². The molecule has 3 aromatic rings. The first kappa shape index (κ1) is 24.4. The van der Waals surface area contributed by atoms with Gasteiger partial charge in [-0.05, 0) is 72.8 Å².